The Bertz CT molecular complexity index is 262. The summed E-state index contributed by atoms with van der Waals surface area (Å²) in [5.74, 6) is 0.350. The summed E-state index contributed by atoms with van der Waals surface area (Å²) in [6.07, 6.45) is 5.93. The van der Waals surface area contributed by atoms with Gasteiger partial charge in [-0.3, -0.25) is 9.69 Å². The van der Waals surface area contributed by atoms with Crippen LogP contribution in [-0.4, -0.2) is 61.0 Å². The zero-order chi connectivity index (χ0) is 12.8. The predicted molar refractivity (Wildman–Crippen MR) is 73.6 cm³/mol. The molecular weight excluding hydrogens is 226 g/mol. The number of nitrogens with one attached hydrogen (secondary N) is 1. The normalized spacial score (nSPS) is 26.9. The van der Waals surface area contributed by atoms with Gasteiger partial charge in [-0.25, -0.2) is 0 Å². The molecule has 4 heteroatoms. The van der Waals surface area contributed by atoms with E-state index in [0.29, 0.717) is 18.5 Å². The average molecular weight is 253 g/mol. The van der Waals surface area contributed by atoms with Crippen LogP contribution in [0.15, 0.2) is 0 Å². The molecule has 2 saturated heterocycles. The van der Waals surface area contributed by atoms with Crippen molar-refractivity contribution in [3.8, 4) is 0 Å². The van der Waals surface area contributed by atoms with E-state index >= 15 is 0 Å². The lowest BCUT2D eigenvalue weighted by Gasteiger charge is -2.36. The molecular formula is C14H27N3O. The van der Waals surface area contributed by atoms with Crippen LogP contribution in [0.1, 0.15) is 39.0 Å². The van der Waals surface area contributed by atoms with Crippen LogP contribution in [0.25, 0.3) is 0 Å². The number of amides is 1. The first-order chi connectivity index (χ1) is 8.81. The van der Waals surface area contributed by atoms with Crippen LogP contribution in [0.2, 0.25) is 0 Å². The summed E-state index contributed by atoms with van der Waals surface area (Å²) in [7, 11) is 0. The third-order valence-electron chi connectivity index (χ3n) is 4.21. The van der Waals surface area contributed by atoms with Crippen molar-refractivity contribution in [1.29, 1.82) is 0 Å². The molecule has 2 fully saturated rings. The monoisotopic (exact) mass is 253 g/mol. The van der Waals surface area contributed by atoms with Crippen molar-refractivity contribution in [1.82, 2.24) is 15.1 Å². The molecule has 2 heterocycles. The van der Waals surface area contributed by atoms with Crippen LogP contribution in [0.3, 0.4) is 0 Å². The predicted octanol–water partition coefficient (Wildman–Crippen LogP) is 1.07. The summed E-state index contributed by atoms with van der Waals surface area (Å²) in [5.41, 5.74) is 0. The van der Waals surface area contributed by atoms with Crippen LogP contribution in [0.4, 0.5) is 0 Å². The lowest BCUT2D eigenvalue weighted by molar-refractivity contribution is -0.136. The van der Waals surface area contributed by atoms with Gasteiger partial charge in [0.2, 0.25) is 5.91 Å². The maximum Gasteiger partial charge on any atom is 0.236 e. The number of carbonyl (C=O) groups excluding carboxylic acids is 1. The molecule has 1 amide bonds. The molecule has 104 valence electrons. The molecule has 1 atom stereocenters. The first-order valence-corrected chi connectivity index (χ1v) is 7.54. The Morgan fingerprint density at radius 3 is 2.89 bits per heavy atom. The molecule has 0 aliphatic carbocycles. The first kappa shape index (κ1) is 13.8. The molecule has 18 heavy (non-hydrogen) atoms. The highest BCUT2D eigenvalue weighted by atomic mass is 16.2. The van der Waals surface area contributed by atoms with E-state index in [1.807, 2.05) is 0 Å². The third-order valence-corrected chi connectivity index (χ3v) is 4.21. The van der Waals surface area contributed by atoms with E-state index in [1.54, 1.807) is 0 Å². The smallest absolute Gasteiger partial charge is 0.236 e. The number of piperidine rings is 1. The van der Waals surface area contributed by atoms with E-state index in [2.05, 4.69) is 22.0 Å². The topological polar surface area (TPSA) is 35.6 Å². The zero-order valence-corrected chi connectivity index (χ0v) is 11.7. The summed E-state index contributed by atoms with van der Waals surface area (Å²) in [5, 5.41) is 3.38. The zero-order valence-electron chi connectivity index (χ0n) is 11.7. The van der Waals surface area contributed by atoms with E-state index in [4.69, 9.17) is 0 Å². The molecule has 4 nitrogen and oxygen atoms in total. The standard InChI is InChI=1S/C14H27N3O/c1-2-13-6-3-4-10-17(13)14(18)12-16-9-5-7-15-8-11-16/h13,15H,2-12H2,1H3. The summed E-state index contributed by atoms with van der Waals surface area (Å²) < 4.78 is 0. The van der Waals surface area contributed by atoms with Crippen LogP contribution in [0.5, 0.6) is 0 Å². The van der Waals surface area contributed by atoms with Gasteiger partial charge in [-0.15, -0.1) is 0 Å². The number of hydrogen-bond donors (Lipinski definition) is 1. The second-order valence-corrected chi connectivity index (χ2v) is 5.52. The minimum absolute atomic E-state index is 0.350. The first-order valence-electron chi connectivity index (χ1n) is 7.54. The lowest BCUT2D eigenvalue weighted by atomic mass is 10.00. The number of rotatable bonds is 3. The minimum atomic E-state index is 0.350. The summed E-state index contributed by atoms with van der Waals surface area (Å²) in [4.78, 5) is 16.9. The fourth-order valence-corrected chi connectivity index (χ4v) is 3.10. The maximum atomic E-state index is 12.4. The van der Waals surface area contributed by atoms with Gasteiger partial charge < -0.3 is 10.2 Å². The SMILES string of the molecule is CCC1CCCCN1C(=O)CN1CCCNCC1. The molecule has 2 aliphatic heterocycles. The van der Waals surface area contributed by atoms with Crippen LogP contribution in [-0.2, 0) is 4.79 Å². The second kappa shape index (κ2) is 7.10. The van der Waals surface area contributed by atoms with Gasteiger partial charge in [-0.2, -0.15) is 0 Å². The Morgan fingerprint density at radius 2 is 2.06 bits per heavy atom. The van der Waals surface area contributed by atoms with Crippen molar-refractivity contribution in [2.45, 2.75) is 45.1 Å². The number of carbonyl (C=O) groups is 1. The number of hydrogen-bond acceptors (Lipinski definition) is 3. The van der Waals surface area contributed by atoms with Gasteiger partial charge in [-0.1, -0.05) is 6.92 Å². The summed E-state index contributed by atoms with van der Waals surface area (Å²) >= 11 is 0. The van der Waals surface area contributed by atoms with Gasteiger partial charge in [0.1, 0.15) is 0 Å². The highest BCUT2D eigenvalue weighted by Crippen LogP contribution is 2.19. The van der Waals surface area contributed by atoms with Crippen molar-refractivity contribution < 1.29 is 4.79 Å². The van der Waals surface area contributed by atoms with E-state index in [0.717, 1.165) is 45.6 Å². The summed E-state index contributed by atoms with van der Waals surface area (Å²) in [6.45, 7) is 7.98. The highest BCUT2D eigenvalue weighted by Gasteiger charge is 2.26. The fraction of sp³-hybridized carbons (Fsp3) is 0.929. The van der Waals surface area contributed by atoms with Crippen molar-refractivity contribution in [3.63, 3.8) is 0 Å². The lowest BCUT2D eigenvalue weighted by Crippen LogP contribution is -2.48. The molecule has 0 spiro atoms. The Labute approximate surface area is 111 Å². The Morgan fingerprint density at radius 1 is 1.17 bits per heavy atom. The molecule has 2 aliphatic rings. The van der Waals surface area contributed by atoms with Crippen LogP contribution in [0, 0.1) is 0 Å². The molecule has 1 N–H and O–H groups in total. The summed E-state index contributed by atoms with van der Waals surface area (Å²) in [6, 6.07) is 0.497. The molecule has 0 aromatic heterocycles. The molecule has 0 saturated carbocycles. The second-order valence-electron chi connectivity index (χ2n) is 5.52. The van der Waals surface area contributed by atoms with Gasteiger partial charge >= 0.3 is 0 Å². The third kappa shape index (κ3) is 3.69. The van der Waals surface area contributed by atoms with Crippen molar-refractivity contribution in [2.24, 2.45) is 0 Å². The molecule has 0 aromatic rings. The van der Waals surface area contributed by atoms with Gasteiger partial charge in [0.15, 0.2) is 0 Å². The molecule has 0 aromatic carbocycles. The Hall–Kier alpha value is -0.610. The van der Waals surface area contributed by atoms with Gasteiger partial charge in [0.05, 0.1) is 6.54 Å². The van der Waals surface area contributed by atoms with Crippen molar-refractivity contribution in [2.75, 3.05) is 39.3 Å². The van der Waals surface area contributed by atoms with E-state index in [-0.39, 0.29) is 0 Å². The van der Waals surface area contributed by atoms with Gasteiger partial charge in [0.25, 0.3) is 0 Å². The average Bonchev–Trinajstić information content (AvgIpc) is 2.67. The van der Waals surface area contributed by atoms with Crippen molar-refractivity contribution >= 4 is 5.91 Å². The van der Waals surface area contributed by atoms with Gasteiger partial charge in [0, 0.05) is 25.7 Å². The highest BCUT2D eigenvalue weighted by molar-refractivity contribution is 5.78. The van der Waals surface area contributed by atoms with Crippen LogP contribution < -0.4 is 5.32 Å². The molecule has 0 bridgehead atoms. The number of likely N-dealkylation sites (tertiary alicyclic amines) is 1. The molecule has 0 radical (unpaired) electrons. The molecule has 1 unspecified atom stereocenters. The quantitative estimate of drug-likeness (QED) is 0.817. The van der Waals surface area contributed by atoms with Crippen LogP contribution >= 0.6 is 0 Å². The van der Waals surface area contributed by atoms with E-state index in [1.165, 1.54) is 19.3 Å². The van der Waals surface area contributed by atoms with Crippen molar-refractivity contribution in [3.05, 3.63) is 0 Å². The van der Waals surface area contributed by atoms with E-state index < -0.39 is 0 Å². The Balaban J connectivity index is 1.85. The van der Waals surface area contributed by atoms with Gasteiger partial charge in [-0.05, 0) is 45.2 Å². The minimum Gasteiger partial charge on any atom is -0.339 e. The maximum absolute atomic E-state index is 12.4. The fourth-order valence-electron chi connectivity index (χ4n) is 3.10. The number of nitrogens with zero attached hydrogens (tertiary/aromatic N) is 2. The largest absolute Gasteiger partial charge is 0.339 e. The van der Waals surface area contributed by atoms with E-state index in [9.17, 15) is 4.79 Å². The Kier molecular flexibility index (Phi) is 5.45. The molecule has 2 rings (SSSR count).